The minimum absolute atomic E-state index is 0.136. The maximum absolute atomic E-state index is 12.9. The number of anilines is 2. The molecule has 2 aromatic carbocycles. The second-order valence-corrected chi connectivity index (χ2v) is 9.85. The first-order chi connectivity index (χ1) is 16.6. The quantitative estimate of drug-likeness (QED) is 0.374. The third-order valence-electron chi connectivity index (χ3n) is 5.51. The van der Waals surface area contributed by atoms with Crippen molar-refractivity contribution in [3.05, 3.63) is 77.4 Å². The highest BCUT2D eigenvalue weighted by Gasteiger charge is 2.18. The lowest BCUT2D eigenvalue weighted by Crippen LogP contribution is -2.32. The summed E-state index contributed by atoms with van der Waals surface area (Å²) in [4.78, 5) is 31.8. The van der Waals surface area contributed by atoms with E-state index < -0.39 is 5.97 Å². The predicted octanol–water partition coefficient (Wildman–Crippen LogP) is 6.05. The Kier molecular flexibility index (Phi) is 8.63. The maximum Gasteiger partial charge on any atom is 0.336 e. The fourth-order valence-electron chi connectivity index (χ4n) is 4.02. The molecule has 1 aromatic heterocycles. The van der Waals surface area contributed by atoms with Crippen LogP contribution in [0.1, 0.15) is 49.2 Å². The Morgan fingerprint density at radius 3 is 2.17 bits per heavy atom. The van der Waals surface area contributed by atoms with Gasteiger partial charge < -0.3 is 15.3 Å². The number of carboxylic acids is 1. The van der Waals surface area contributed by atoms with Crippen LogP contribution in [0.2, 0.25) is 0 Å². The third-order valence-corrected chi connectivity index (χ3v) is 5.51. The van der Waals surface area contributed by atoms with Crippen molar-refractivity contribution in [3.8, 4) is 11.3 Å². The van der Waals surface area contributed by atoms with Gasteiger partial charge in [0.2, 0.25) is 5.91 Å². The van der Waals surface area contributed by atoms with Gasteiger partial charge in [-0.3, -0.25) is 4.79 Å². The minimum atomic E-state index is -1.01. The molecule has 184 valence electrons. The van der Waals surface area contributed by atoms with Gasteiger partial charge in [-0.25, -0.2) is 9.78 Å². The number of amides is 1. The van der Waals surface area contributed by atoms with Gasteiger partial charge in [0.1, 0.15) is 5.82 Å². The molecule has 0 aliphatic rings. The zero-order valence-electron chi connectivity index (χ0n) is 21.2. The van der Waals surface area contributed by atoms with Gasteiger partial charge in [-0.15, -0.1) is 0 Å². The fraction of sp³-hybridized carbons (Fsp3) is 0.345. The van der Waals surface area contributed by atoms with Crippen LogP contribution in [0, 0.1) is 18.8 Å². The van der Waals surface area contributed by atoms with Crippen molar-refractivity contribution in [1.82, 2.24) is 4.98 Å². The summed E-state index contributed by atoms with van der Waals surface area (Å²) in [7, 11) is 0. The highest BCUT2D eigenvalue weighted by molar-refractivity contribution is 5.97. The van der Waals surface area contributed by atoms with Gasteiger partial charge in [0.15, 0.2) is 0 Å². The van der Waals surface area contributed by atoms with Crippen molar-refractivity contribution in [2.75, 3.05) is 23.3 Å². The second-order valence-electron chi connectivity index (χ2n) is 9.85. The number of pyridine rings is 1. The van der Waals surface area contributed by atoms with Gasteiger partial charge in [0, 0.05) is 30.4 Å². The van der Waals surface area contributed by atoms with E-state index >= 15 is 0 Å². The first-order valence-electron chi connectivity index (χ1n) is 12.1. The van der Waals surface area contributed by atoms with Gasteiger partial charge in [0.25, 0.3) is 0 Å². The smallest absolute Gasteiger partial charge is 0.336 e. The molecular formula is C29H35N3O3. The summed E-state index contributed by atoms with van der Waals surface area (Å²) in [6.45, 7) is 12.2. The van der Waals surface area contributed by atoms with Crippen LogP contribution in [-0.2, 0) is 11.2 Å². The molecule has 6 heteroatoms. The minimum Gasteiger partial charge on any atom is -0.478 e. The molecule has 0 radical (unpaired) electrons. The van der Waals surface area contributed by atoms with Gasteiger partial charge in [-0.2, -0.15) is 0 Å². The number of carbonyl (C=O) groups is 2. The largest absolute Gasteiger partial charge is 0.478 e. The van der Waals surface area contributed by atoms with Crippen LogP contribution in [0.15, 0.2) is 60.7 Å². The highest BCUT2D eigenvalue weighted by Crippen LogP contribution is 2.29. The number of aryl methyl sites for hydroxylation is 1. The zero-order valence-corrected chi connectivity index (χ0v) is 21.2. The molecule has 1 heterocycles. The van der Waals surface area contributed by atoms with Crippen molar-refractivity contribution >= 4 is 23.4 Å². The number of rotatable bonds is 10. The Hall–Kier alpha value is -3.67. The maximum atomic E-state index is 12.9. The molecule has 0 aliphatic carbocycles. The van der Waals surface area contributed by atoms with Gasteiger partial charge in [-0.05, 0) is 36.5 Å². The molecular weight excluding hydrogens is 438 g/mol. The van der Waals surface area contributed by atoms with E-state index in [1.54, 1.807) is 30.3 Å². The SMILES string of the molecule is Cc1ccc(CC(=O)Nc2cc(-c3ccccc3C(=O)O)nc(N(CC(C)C)CC(C)C)c2)cc1. The number of hydrogen-bond donors (Lipinski definition) is 2. The lowest BCUT2D eigenvalue weighted by molar-refractivity contribution is -0.115. The van der Waals surface area contributed by atoms with Crippen LogP contribution in [0.3, 0.4) is 0 Å². The molecule has 1 amide bonds. The summed E-state index contributed by atoms with van der Waals surface area (Å²) in [5.74, 6) is 0.382. The van der Waals surface area contributed by atoms with Crippen LogP contribution in [0.25, 0.3) is 11.3 Å². The van der Waals surface area contributed by atoms with Crippen molar-refractivity contribution < 1.29 is 14.7 Å². The van der Waals surface area contributed by atoms with E-state index in [0.717, 1.165) is 30.0 Å². The summed E-state index contributed by atoms with van der Waals surface area (Å²) in [6.07, 6.45) is 0.251. The molecule has 0 aliphatic heterocycles. The molecule has 6 nitrogen and oxygen atoms in total. The Labute approximate surface area is 208 Å². The second kappa shape index (κ2) is 11.6. The first-order valence-corrected chi connectivity index (χ1v) is 12.1. The number of nitrogens with zero attached hydrogens (tertiary/aromatic N) is 2. The Bertz CT molecular complexity index is 1160. The number of aromatic carboxylic acids is 1. The topological polar surface area (TPSA) is 82.5 Å². The summed E-state index contributed by atoms with van der Waals surface area (Å²) < 4.78 is 0. The summed E-state index contributed by atoms with van der Waals surface area (Å²) in [6, 6.07) is 18.3. The van der Waals surface area contributed by atoms with E-state index in [1.165, 1.54) is 0 Å². The lowest BCUT2D eigenvalue weighted by Gasteiger charge is -2.28. The van der Waals surface area contributed by atoms with E-state index in [0.29, 0.717) is 28.8 Å². The molecule has 0 saturated carbocycles. The molecule has 0 atom stereocenters. The number of aromatic nitrogens is 1. The highest BCUT2D eigenvalue weighted by atomic mass is 16.4. The van der Waals surface area contributed by atoms with Crippen molar-refractivity contribution in [2.24, 2.45) is 11.8 Å². The van der Waals surface area contributed by atoms with Crippen LogP contribution in [0.5, 0.6) is 0 Å². The van der Waals surface area contributed by atoms with E-state index in [9.17, 15) is 14.7 Å². The molecule has 0 bridgehead atoms. The van der Waals surface area contributed by atoms with Gasteiger partial charge >= 0.3 is 5.97 Å². The summed E-state index contributed by atoms with van der Waals surface area (Å²) in [5.41, 5.74) is 3.88. The Morgan fingerprint density at radius 2 is 1.57 bits per heavy atom. The van der Waals surface area contributed by atoms with Crippen molar-refractivity contribution in [3.63, 3.8) is 0 Å². The molecule has 0 unspecified atom stereocenters. The molecule has 2 N–H and O–H groups in total. The molecule has 3 aromatic rings. The molecule has 3 rings (SSSR count). The van der Waals surface area contributed by atoms with E-state index in [1.807, 2.05) is 37.3 Å². The standard InChI is InChI=1S/C29H35N3O3/c1-19(2)17-32(18-20(3)4)27-16-23(30-28(33)14-22-12-10-21(5)11-13-22)15-26(31-27)24-8-6-7-9-25(24)29(34)35/h6-13,15-16,19-20H,14,17-18H2,1-5H3,(H,34,35)(H,30,31,33). The van der Waals surface area contributed by atoms with E-state index in [2.05, 4.69) is 37.9 Å². The van der Waals surface area contributed by atoms with E-state index in [-0.39, 0.29) is 17.9 Å². The van der Waals surface area contributed by atoms with Crippen LogP contribution >= 0.6 is 0 Å². The van der Waals surface area contributed by atoms with Gasteiger partial charge in [0.05, 0.1) is 17.7 Å². The Morgan fingerprint density at radius 1 is 0.943 bits per heavy atom. The van der Waals surface area contributed by atoms with Crippen LogP contribution in [-0.4, -0.2) is 35.1 Å². The Balaban J connectivity index is 2.02. The van der Waals surface area contributed by atoms with E-state index in [4.69, 9.17) is 4.98 Å². The zero-order chi connectivity index (χ0) is 25.5. The third kappa shape index (κ3) is 7.41. The van der Waals surface area contributed by atoms with Crippen LogP contribution in [0.4, 0.5) is 11.5 Å². The summed E-state index contributed by atoms with van der Waals surface area (Å²) in [5, 5.41) is 12.7. The van der Waals surface area contributed by atoms with Crippen molar-refractivity contribution in [2.45, 2.75) is 41.0 Å². The lowest BCUT2D eigenvalue weighted by atomic mass is 10.0. The summed E-state index contributed by atoms with van der Waals surface area (Å²) >= 11 is 0. The normalized spacial score (nSPS) is 11.1. The van der Waals surface area contributed by atoms with Gasteiger partial charge in [-0.1, -0.05) is 75.7 Å². The average molecular weight is 474 g/mol. The first kappa shape index (κ1) is 25.9. The van der Waals surface area contributed by atoms with Crippen molar-refractivity contribution in [1.29, 1.82) is 0 Å². The monoisotopic (exact) mass is 473 g/mol. The average Bonchev–Trinajstić information content (AvgIpc) is 2.79. The molecule has 35 heavy (non-hydrogen) atoms. The number of hydrogen-bond acceptors (Lipinski definition) is 4. The number of benzene rings is 2. The van der Waals surface area contributed by atoms with Crippen LogP contribution < -0.4 is 10.2 Å². The molecule has 0 spiro atoms. The number of nitrogens with one attached hydrogen (secondary N) is 1. The molecule has 0 fully saturated rings. The number of carbonyl (C=O) groups excluding carboxylic acids is 1. The number of carboxylic acid groups (broad SMARTS) is 1. The predicted molar refractivity (Wildman–Crippen MR) is 142 cm³/mol. The fourth-order valence-corrected chi connectivity index (χ4v) is 4.02. The molecule has 0 saturated heterocycles.